The van der Waals surface area contributed by atoms with Crippen molar-refractivity contribution in [1.29, 1.82) is 0 Å². The molecule has 0 bridgehead atoms. The van der Waals surface area contributed by atoms with Gasteiger partial charge in [0.05, 0.1) is 5.56 Å². The van der Waals surface area contributed by atoms with Gasteiger partial charge in [0, 0.05) is 6.54 Å². The Morgan fingerprint density at radius 1 is 1.05 bits per heavy atom. The van der Waals surface area contributed by atoms with Crippen molar-refractivity contribution in [2.75, 3.05) is 0 Å². The normalized spacial score (nSPS) is 11.6. The first kappa shape index (κ1) is 13.6. The molecule has 2 N–H and O–H groups in total. The molecule has 1 nitrogen and oxygen atoms in total. The maximum atomic E-state index is 13.0. The highest BCUT2D eigenvalue weighted by molar-refractivity contribution is 5.69. The monoisotopic (exact) mass is 265 g/mol. The van der Waals surface area contributed by atoms with E-state index in [1.54, 1.807) is 18.2 Å². The molecule has 100 valence electrons. The minimum absolute atomic E-state index is 0.188. The van der Waals surface area contributed by atoms with Gasteiger partial charge in [-0.1, -0.05) is 35.9 Å². The van der Waals surface area contributed by atoms with Gasteiger partial charge < -0.3 is 5.73 Å². The van der Waals surface area contributed by atoms with Crippen LogP contribution in [0.1, 0.15) is 16.7 Å². The number of aryl methyl sites for hydroxylation is 1. The molecule has 0 unspecified atom stereocenters. The highest BCUT2D eigenvalue weighted by Crippen LogP contribution is 2.37. The highest BCUT2D eigenvalue weighted by atomic mass is 19.4. The Kier molecular flexibility index (Phi) is 3.62. The van der Waals surface area contributed by atoms with Gasteiger partial charge in [-0.2, -0.15) is 13.2 Å². The Morgan fingerprint density at radius 3 is 2.37 bits per heavy atom. The third-order valence-electron chi connectivity index (χ3n) is 2.92. The molecular formula is C15H14F3N. The molecule has 2 aromatic carbocycles. The van der Waals surface area contributed by atoms with Gasteiger partial charge in [0.15, 0.2) is 0 Å². The summed E-state index contributed by atoms with van der Waals surface area (Å²) >= 11 is 0. The molecular weight excluding hydrogens is 251 g/mol. The molecule has 0 saturated heterocycles. The Balaban J connectivity index is 2.62. The average molecular weight is 265 g/mol. The molecule has 19 heavy (non-hydrogen) atoms. The van der Waals surface area contributed by atoms with Gasteiger partial charge in [0.2, 0.25) is 0 Å². The predicted octanol–water partition coefficient (Wildman–Crippen LogP) is 4.14. The molecule has 4 heteroatoms. The van der Waals surface area contributed by atoms with Crippen molar-refractivity contribution in [1.82, 2.24) is 0 Å². The topological polar surface area (TPSA) is 26.0 Å². The van der Waals surface area contributed by atoms with Gasteiger partial charge in [-0.3, -0.25) is 0 Å². The minimum Gasteiger partial charge on any atom is -0.326 e. The lowest BCUT2D eigenvalue weighted by Crippen LogP contribution is -2.07. The van der Waals surface area contributed by atoms with Crippen molar-refractivity contribution in [3.8, 4) is 11.1 Å². The van der Waals surface area contributed by atoms with Crippen molar-refractivity contribution in [3.05, 3.63) is 59.2 Å². The first-order valence-electron chi connectivity index (χ1n) is 5.89. The Bertz CT molecular complexity index is 588. The fourth-order valence-electron chi connectivity index (χ4n) is 2.12. The fourth-order valence-corrected chi connectivity index (χ4v) is 2.12. The molecule has 0 radical (unpaired) electrons. The van der Waals surface area contributed by atoms with E-state index in [2.05, 4.69) is 0 Å². The van der Waals surface area contributed by atoms with Gasteiger partial charge in [0.1, 0.15) is 0 Å². The van der Waals surface area contributed by atoms with Gasteiger partial charge in [-0.15, -0.1) is 0 Å². The molecule has 2 aromatic rings. The molecule has 0 heterocycles. The summed E-state index contributed by atoms with van der Waals surface area (Å²) in [4.78, 5) is 0. The summed E-state index contributed by atoms with van der Waals surface area (Å²) in [6.45, 7) is 2.15. The molecule has 0 fully saturated rings. The van der Waals surface area contributed by atoms with Gasteiger partial charge >= 0.3 is 6.18 Å². The Morgan fingerprint density at radius 2 is 1.74 bits per heavy atom. The van der Waals surface area contributed by atoms with Crippen LogP contribution >= 0.6 is 0 Å². The number of benzene rings is 2. The van der Waals surface area contributed by atoms with Crippen LogP contribution in [-0.2, 0) is 12.7 Å². The smallest absolute Gasteiger partial charge is 0.326 e. The van der Waals surface area contributed by atoms with Crippen molar-refractivity contribution < 1.29 is 13.2 Å². The number of hydrogen-bond donors (Lipinski definition) is 1. The van der Waals surface area contributed by atoms with E-state index in [9.17, 15) is 13.2 Å². The van der Waals surface area contributed by atoms with E-state index >= 15 is 0 Å². The zero-order valence-corrected chi connectivity index (χ0v) is 10.5. The first-order valence-corrected chi connectivity index (χ1v) is 5.89. The summed E-state index contributed by atoms with van der Waals surface area (Å²) in [5, 5.41) is 0. The second-order valence-electron chi connectivity index (χ2n) is 4.45. The van der Waals surface area contributed by atoms with Crippen LogP contribution in [0.15, 0.2) is 42.5 Å². The average Bonchev–Trinajstić information content (AvgIpc) is 2.37. The standard InChI is InChI=1S/C15H14F3N/c1-10-6-11(9-19)8-12(7-10)13-4-2-3-5-14(13)15(16,17)18/h2-8H,9,19H2,1H3. The van der Waals surface area contributed by atoms with Crippen LogP contribution in [0.25, 0.3) is 11.1 Å². The molecule has 0 saturated carbocycles. The zero-order chi connectivity index (χ0) is 14.0. The van der Waals surface area contributed by atoms with Crippen LogP contribution in [0.4, 0.5) is 13.2 Å². The molecule has 0 spiro atoms. The maximum absolute atomic E-state index is 13.0. The van der Waals surface area contributed by atoms with E-state index < -0.39 is 11.7 Å². The number of halogens is 3. The van der Waals surface area contributed by atoms with E-state index in [0.29, 0.717) is 12.1 Å². The number of hydrogen-bond acceptors (Lipinski definition) is 1. The molecule has 2 rings (SSSR count). The number of alkyl halides is 3. The third-order valence-corrected chi connectivity index (χ3v) is 2.92. The molecule has 0 aliphatic carbocycles. The zero-order valence-electron chi connectivity index (χ0n) is 10.5. The van der Waals surface area contributed by atoms with Crippen LogP contribution in [0.2, 0.25) is 0 Å². The summed E-state index contributed by atoms with van der Waals surface area (Å²) < 4.78 is 39.0. The molecule has 0 aromatic heterocycles. The maximum Gasteiger partial charge on any atom is 0.417 e. The van der Waals surface area contributed by atoms with Crippen molar-refractivity contribution in [2.45, 2.75) is 19.6 Å². The summed E-state index contributed by atoms with van der Waals surface area (Å²) in [5.74, 6) is 0. The molecule has 0 atom stereocenters. The lowest BCUT2D eigenvalue weighted by molar-refractivity contribution is -0.137. The van der Waals surface area contributed by atoms with Crippen molar-refractivity contribution in [3.63, 3.8) is 0 Å². The van der Waals surface area contributed by atoms with Crippen LogP contribution in [-0.4, -0.2) is 0 Å². The number of rotatable bonds is 2. The molecule has 0 aliphatic rings. The molecule has 0 amide bonds. The summed E-state index contributed by atoms with van der Waals surface area (Å²) in [6.07, 6.45) is -4.36. The molecule has 0 aliphatic heterocycles. The highest BCUT2D eigenvalue weighted by Gasteiger charge is 2.33. The van der Waals surface area contributed by atoms with Gasteiger partial charge in [0.25, 0.3) is 0 Å². The van der Waals surface area contributed by atoms with E-state index in [1.165, 1.54) is 12.1 Å². The summed E-state index contributed by atoms with van der Waals surface area (Å²) in [7, 11) is 0. The SMILES string of the molecule is Cc1cc(CN)cc(-c2ccccc2C(F)(F)F)c1. The van der Waals surface area contributed by atoms with Crippen LogP contribution in [0.5, 0.6) is 0 Å². The minimum atomic E-state index is -4.36. The Labute approximate surface area is 109 Å². The van der Waals surface area contributed by atoms with Crippen LogP contribution in [0, 0.1) is 6.92 Å². The summed E-state index contributed by atoms with van der Waals surface area (Å²) in [5.41, 5.74) is 7.41. The largest absolute Gasteiger partial charge is 0.417 e. The lowest BCUT2D eigenvalue weighted by atomic mass is 9.96. The quantitative estimate of drug-likeness (QED) is 0.867. The van der Waals surface area contributed by atoms with Crippen molar-refractivity contribution >= 4 is 0 Å². The lowest BCUT2D eigenvalue weighted by Gasteiger charge is -2.14. The van der Waals surface area contributed by atoms with Crippen LogP contribution < -0.4 is 5.73 Å². The fraction of sp³-hybridized carbons (Fsp3) is 0.200. The number of nitrogens with two attached hydrogens (primary N) is 1. The van der Waals surface area contributed by atoms with Crippen LogP contribution in [0.3, 0.4) is 0 Å². The van der Waals surface area contributed by atoms with E-state index in [0.717, 1.165) is 17.2 Å². The first-order chi connectivity index (χ1) is 8.91. The van der Waals surface area contributed by atoms with E-state index in [4.69, 9.17) is 5.73 Å². The van der Waals surface area contributed by atoms with Crippen molar-refractivity contribution in [2.24, 2.45) is 5.73 Å². The second-order valence-corrected chi connectivity index (χ2v) is 4.45. The third kappa shape index (κ3) is 2.96. The second kappa shape index (κ2) is 5.05. The summed E-state index contributed by atoms with van der Waals surface area (Å²) in [6, 6.07) is 10.9. The predicted molar refractivity (Wildman–Crippen MR) is 69.5 cm³/mol. The Hall–Kier alpha value is -1.81. The van der Waals surface area contributed by atoms with Gasteiger partial charge in [-0.25, -0.2) is 0 Å². The van der Waals surface area contributed by atoms with Gasteiger partial charge in [-0.05, 0) is 35.7 Å². The van der Waals surface area contributed by atoms with E-state index in [-0.39, 0.29) is 5.56 Å². The van der Waals surface area contributed by atoms with E-state index in [1.807, 2.05) is 13.0 Å².